The number of nitrogens with zero attached hydrogens (tertiary/aromatic N) is 2. The summed E-state index contributed by atoms with van der Waals surface area (Å²) in [7, 11) is 0. The van der Waals surface area contributed by atoms with E-state index in [2.05, 4.69) is 4.98 Å². The third-order valence-electron chi connectivity index (χ3n) is 2.79. The summed E-state index contributed by atoms with van der Waals surface area (Å²) in [6, 6.07) is 1.95. The summed E-state index contributed by atoms with van der Waals surface area (Å²) in [5, 5.41) is 0. The molecule has 1 aliphatic heterocycles. The second-order valence-electron chi connectivity index (χ2n) is 3.86. The number of hydrogen-bond donors (Lipinski definition) is 0. The number of anilines is 1. The Morgan fingerprint density at radius 1 is 1.44 bits per heavy atom. The zero-order chi connectivity index (χ0) is 11.4. The average Bonchev–Trinajstić information content (AvgIpc) is 2.32. The number of amides is 1. The highest BCUT2D eigenvalue weighted by atomic mass is 16.2. The Morgan fingerprint density at radius 2 is 2.31 bits per heavy atom. The topological polar surface area (TPSA) is 50.3 Å². The second-order valence-corrected chi connectivity index (χ2v) is 3.86. The van der Waals surface area contributed by atoms with Crippen molar-refractivity contribution in [2.24, 2.45) is 0 Å². The zero-order valence-electron chi connectivity index (χ0n) is 9.06. The van der Waals surface area contributed by atoms with Crippen molar-refractivity contribution in [2.75, 3.05) is 11.4 Å². The highest BCUT2D eigenvalue weighted by Gasteiger charge is 2.23. The molecule has 0 fully saturated rings. The van der Waals surface area contributed by atoms with Gasteiger partial charge in [0.05, 0.1) is 11.9 Å². The fourth-order valence-electron chi connectivity index (χ4n) is 1.96. The molecular weight excluding hydrogens is 204 g/mol. The van der Waals surface area contributed by atoms with Crippen LogP contribution in [0.25, 0.3) is 0 Å². The second kappa shape index (κ2) is 4.88. The first-order valence-corrected chi connectivity index (χ1v) is 5.50. The molecule has 16 heavy (non-hydrogen) atoms. The molecule has 0 aliphatic carbocycles. The third kappa shape index (κ3) is 2.10. The highest BCUT2D eigenvalue weighted by Crippen LogP contribution is 2.26. The van der Waals surface area contributed by atoms with Crippen LogP contribution in [0, 0.1) is 0 Å². The van der Waals surface area contributed by atoms with Crippen molar-refractivity contribution in [3.8, 4) is 0 Å². The van der Waals surface area contributed by atoms with E-state index < -0.39 is 0 Å². The third-order valence-corrected chi connectivity index (χ3v) is 2.79. The SMILES string of the molecule is O=CCCCN1C(=O)CCc2ccncc21. The van der Waals surface area contributed by atoms with Crippen molar-refractivity contribution < 1.29 is 9.59 Å². The summed E-state index contributed by atoms with van der Waals surface area (Å²) < 4.78 is 0. The molecule has 0 radical (unpaired) electrons. The minimum absolute atomic E-state index is 0.131. The van der Waals surface area contributed by atoms with Crippen LogP contribution in [0.1, 0.15) is 24.8 Å². The summed E-state index contributed by atoms with van der Waals surface area (Å²) in [4.78, 5) is 27.8. The van der Waals surface area contributed by atoms with Crippen LogP contribution in [0.2, 0.25) is 0 Å². The number of aryl methyl sites for hydroxylation is 1. The summed E-state index contributed by atoms with van der Waals surface area (Å²) >= 11 is 0. The van der Waals surface area contributed by atoms with E-state index in [0.29, 0.717) is 25.8 Å². The number of carbonyl (C=O) groups excluding carboxylic acids is 2. The summed E-state index contributed by atoms with van der Waals surface area (Å²) in [6.45, 7) is 0.607. The maximum absolute atomic E-state index is 11.8. The molecule has 1 aromatic rings. The van der Waals surface area contributed by atoms with Gasteiger partial charge in [-0.15, -0.1) is 0 Å². The molecule has 0 saturated carbocycles. The van der Waals surface area contributed by atoms with E-state index in [1.54, 1.807) is 17.3 Å². The molecule has 84 valence electrons. The van der Waals surface area contributed by atoms with Gasteiger partial charge in [-0.25, -0.2) is 0 Å². The van der Waals surface area contributed by atoms with Crippen LogP contribution in [0.15, 0.2) is 18.5 Å². The van der Waals surface area contributed by atoms with E-state index in [1.165, 1.54) is 5.56 Å². The lowest BCUT2D eigenvalue weighted by Crippen LogP contribution is -2.36. The maximum atomic E-state index is 11.8. The van der Waals surface area contributed by atoms with Gasteiger partial charge in [0.15, 0.2) is 0 Å². The molecule has 0 saturated heterocycles. The van der Waals surface area contributed by atoms with Crippen molar-refractivity contribution in [2.45, 2.75) is 25.7 Å². The lowest BCUT2D eigenvalue weighted by molar-refractivity contribution is -0.119. The number of unbranched alkanes of at least 4 members (excludes halogenated alkanes) is 1. The van der Waals surface area contributed by atoms with Crippen molar-refractivity contribution in [1.82, 2.24) is 4.98 Å². The van der Waals surface area contributed by atoms with Gasteiger partial charge in [-0.3, -0.25) is 9.78 Å². The lowest BCUT2D eigenvalue weighted by Gasteiger charge is -2.28. The molecule has 0 N–H and O–H groups in total. The van der Waals surface area contributed by atoms with E-state index in [1.807, 2.05) is 6.07 Å². The predicted octanol–water partition coefficient (Wildman–Crippen LogP) is 1.34. The van der Waals surface area contributed by atoms with E-state index in [-0.39, 0.29) is 5.91 Å². The number of hydrogen-bond acceptors (Lipinski definition) is 3. The molecule has 2 rings (SSSR count). The number of aldehydes is 1. The van der Waals surface area contributed by atoms with Gasteiger partial charge in [0, 0.05) is 25.6 Å². The Hall–Kier alpha value is -1.71. The van der Waals surface area contributed by atoms with Crippen LogP contribution in [0.5, 0.6) is 0 Å². The smallest absolute Gasteiger partial charge is 0.227 e. The van der Waals surface area contributed by atoms with Gasteiger partial charge in [-0.2, -0.15) is 0 Å². The zero-order valence-corrected chi connectivity index (χ0v) is 9.06. The van der Waals surface area contributed by atoms with Gasteiger partial charge >= 0.3 is 0 Å². The quantitative estimate of drug-likeness (QED) is 0.566. The van der Waals surface area contributed by atoms with Crippen LogP contribution in [0.3, 0.4) is 0 Å². The molecule has 0 atom stereocenters. The molecule has 0 unspecified atom stereocenters. The van der Waals surface area contributed by atoms with Gasteiger partial charge in [-0.1, -0.05) is 0 Å². The van der Waals surface area contributed by atoms with Gasteiger partial charge < -0.3 is 9.69 Å². The number of aromatic nitrogens is 1. The Balaban J connectivity index is 2.16. The Labute approximate surface area is 94.3 Å². The first-order valence-electron chi connectivity index (χ1n) is 5.50. The summed E-state index contributed by atoms with van der Waals surface area (Å²) in [6.07, 6.45) is 6.92. The van der Waals surface area contributed by atoms with Crippen molar-refractivity contribution in [1.29, 1.82) is 0 Å². The summed E-state index contributed by atoms with van der Waals surface area (Å²) in [5.74, 6) is 0.131. The molecule has 1 aliphatic rings. The molecule has 0 spiro atoms. The fraction of sp³-hybridized carbons (Fsp3) is 0.417. The Morgan fingerprint density at radius 3 is 3.12 bits per heavy atom. The fourth-order valence-corrected chi connectivity index (χ4v) is 1.96. The molecule has 0 bridgehead atoms. The van der Waals surface area contributed by atoms with Gasteiger partial charge in [0.2, 0.25) is 5.91 Å². The van der Waals surface area contributed by atoms with Crippen molar-refractivity contribution in [3.05, 3.63) is 24.0 Å². The normalized spacial score (nSPS) is 14.8. The van der Waals surface area contributed by atoms with Crippen LogP contribution in [-0.4, -0.2) is 23.7 Å². The predicted molar refractivity (Wildman–Crippen MR) is 60.2 cm³/mol. The Kier molecular flexibility index (Phi) is 3.29. The minimum atomic E-state index is 0.131. The molecule has 1 amide bonds. The number of pyridine rings is 1. The molecule has 4 heteroatoms. The largest absolute Gasteiger partial charge is 0.311 e. The van der Waals surface area contributed by atoms with Gasteiger partial charge in [-0.05, 0) is 24.5 Å². The van der Waals surface area contributed by atoms with E-state index in [4.69, 9.17) is 0 Å². The number of fused-ring (bicyclic) bond motifs is 1. The van der Waals surface area contributed by atoms with E-state index in [9.17, 15) is 9.59 Å². The minimum Gasteiger partial charge on any atom is -0.311 e. The number of carbonyl (C=O) groups is 2. The van der Waals surface area contributed by atoms with Crippen LogP contribution in [-0.2, 0) is 16.0 Å². The highest BCUT2D eigenvalue weighted by molar-refractivity contribution is 5.96. The van der Waals surface area contributed by atoms with Crippen LogP contribution < -0.4 is 4.90 Å². The van der Waals surface area contributed by atoms with Gasteiger partial charge in [0.1, 0.15) is 6.29 Å². The van der Waals surface area contributed by atoms with Crippen molar-refractivity contribution in [3.63, 3.8) is 0 Å². The molecule has 2 heterocycles. The first kappa shape index (κ1) is 10.8. The average molecular weight is 218 g/mol. The van der Waals surface area contributed by atoms with E-state index >= 15 is 0 Å². The standard InChI is InChI=1S/C12H14N2O2/c15-8-2-1-7-14-11-9-13-6-5-10(11)3-4-12(14)16/h5-6,8-9H,1-4,7H2. The van der Waals surface area contributed by atoms with Crippen LogP contribution in [0.4, 0.5) is 5.69 Å². The summed E-state index contributed by atoms with van der Waals surface area (Å²) in [5.41, 5.74) is 2.07. The monoisotopic (exact) mass is 218 g/mol. The molecule has 0 aromatic carbocycles. The molecule has 4 nitrogen and oxygen atoms in total. The van der Waals surface area contributed by atoms with Gasteiger partial charge in [0.25, 0.3) is 0 Å². The number of rotatable bonds is 4. The van der Waals surface area contributed by atoms with Crippen LogP contribution >= 0.6 is 0 Å². The molecular formula is C12H14N2O2. The van der Waals surface area contributed by atoms with Crippen molar-refractivity contribution >= 4 is 17.9 Å². The first-order chi connectivity index (χ1) is 7.83. The maximum Gasteiger partial charge on any atom is 0.227 e. The Bertz CT molecular complexity index is 404. The molecule has 1 aromatic heterocycles. The lowest BCUT2D eigenvalue weighted by atomic mass is 10.0. The van der Waals surface area contributed by atoms with E-state index in [0.717, 1.165) is 18.4 Å².